The first-order valence-corrected chi connectivity index (χ1v) is 11.2. The van der Waals surface area contributed by atoms with Crippen molar-refractivity contribution in [3.63, 3.8) is 0 Å². The molecular weight excluding hydrogens is 351 g/mol. The molecule has 2 aliphatic rings. The van der Waals surface area contributed by atoms with E-state index in [4.69, 9.17) is 9.05 Å². The second-order valence-corrected chi connectivity index (χ2v) is 10.3. The van der Waals surface area contributed by atoms with Gasteiger partial charge in [-0.2, -0.15) is 0 Å². The Morgan fingerprint density at radius 2 is 1.23 bits per heavy atom. The highest BCUT2D eigenvalue weighted by molar-refractivity contribution is 7.33. The lowest BCUT2D eigenvalue weighted by atomic mass is 9.75. The minimum Gasteiger partial charge on any atom is -0.311 e. The number of hydrogen-bond acceptors (Lipinski definition) is 5. The van der Waals surface area contributed by atoms with Crippen molar-refractivity contribution >= 4 is 19.8 Å². The zero-order valence-corrected chi connectivity index (χ0v) is 17.8. The van der Waals surface area contributed by atoms with Gasteiger partial charge in [0.05, 0.1) is 13.2 Å². The molecule has 150 valence electrons. The lowest BCUT2D eigenvalue weighted by Crippen LogP contribution is -2.28. The molecule has 0 aromatic rings. The molecule has 0 radical (unpaired) electrons. The number of carbonyl (C=O) groups is 2. The highest BCUT2D eigenvalue weighted by Gasteiger charge is 2.38. The summed E-state index contributed by atoms with van der Waals surface area (Å²) in [5, 5.41) is 0. The molecule has 6 heteroatoms. The number of Topliss-reactive ketones (excluding diaryl/α,β-unsaturated/α-hetero) is 2. The van der Waals surface area contributed by atoms with E-state index in [9.17, 15) is 14.2 Å². The Bertz CT molecular complexity index is 494. The maximum atomic E-state index is 12.0. The highest BCUT2D eigenvalue weighted by atomic mass is 31.1. The Labute approximate surface area is 158 Å². The number of carbonyl (C=O) groups excluding carboxylic acids is 2. The van der Waals surface area contributed by atoms with Crippen LogP contribution in [0.25, 0.3) is 0 Å². The summed E-state index contributed by atoms with van der Waals surface area (Å²) in [7, 11) is -2.53. The van der Waals surface area contributed by atoms with Crippen LogP contribution in [0.1, 0.15) is 79.1 Å². The first-order chi connectivity index (χ1) is 12.1. The molecule has 2 saturated carbocycles. The van der Waals surface area contributed by atoms with E-state index in [0.29, 0.717) is 50.5 Å². The van der Waals surface area contributed by atoms with Crippen molar-refractivity contribution in [2.75, 3.05) is 13.2 Å². The predicted octanol–water partition coefficient (Wildman–Crippen LogP) is 4.98. The molecule has 26 heavy (non-hydrogen) atoms. The molecule has 0 N–H and O–H groups in total. The van der Waals surface area contributed by atoms with Gasteiger partial charge in [0.2, 0.25) is 0 Å². The minimum absolute atomic E-state index is 0.0964. The molecule has 0 amide bonds. The van der Waals surface area contributed by atoms with E-state index in [1.807, 2.05) is 0 Å². The number of ketones is 2. The van der Waals surface area contributed by atoms with Gasteiger partial charge in [-0.05, 0) is 49.4 Å². The van der Waals surface area contributed by atoms with Gasteiger partial charge >= 0.3 is 8.25 Å². The fourth-order valence-corrected chi connectivity index (χ4v) is 5.09. The molecule has 2 aliphatic carbocycles. The second kappa shape index (κ2) is 9.12. The quantitative estimate of drug-likeness (QED) is 0.495. The third kappa shape index (κ3) is 5.74. The molecule has 2 unspecified atom stereocenters. The summed E-state index contributed by atoms with van der Waals surface area (Å²) in [6.07, 6.45) is 6.64. The predicted molar refractivity (Wildman–Crippen MR) is 102 cm³/mol. The topological polar surface area (TPSA) is 69.7 Å². The van der Waals surface area contributed by atoms with Crippen LogP contribution in [0.2, 0.25) is 0 Å². The molecule has 0 saturated heterocycles. The van der Waals surface area contributed by atoms with E-state index in [0.717, 1.165) is 25.7 Å². The summed E-state index contributed by atoms with van der Waals surface area (Å²) < 4.78 is 22.8. The monoisotopic (exact) mass is 386 g/mol. The molecule has 0 aromatic carbocycles. The Balaban J connectivity index is 1.66. The van der Waals surface area contributed by atoms with Gasteiger partial charge in [-0.25, -0.2) is 0 Å². The lowest BCUT2D eigenvalue weighted by molar-refractivity contribution is -0.124. The Morgan fingerprint density at radius 1 is 0.846 bits per heavy atom. The van der Waals surface area contributed by atoms with Crippen molar-refractivity contribution in [2.24, 2.45) is 22.7 Å². The van der Waals surface area contributed by atoms with Gasteiger partial charge in [0, 0.05) is 24.7 Å². The normalized spacial score (nSPS) is 25.8. The molecule has 0 spiro atoms. The molecule has 0 aliphatic heterocycles. The Kier molecular flexibility index (Phi) is 7.64. The van der Waals surface area contributed by atoms with Gasteiger partial charge in [0.1, 0.15) is 11.6 Å². The smallest absolute Gasteiger partial charge is 0.311 e. The molecule has 0 bridgehead atoms. The zero-order chi connectivity index (χ0) is 19.4. The first kappa shape index (κ1) is 21.8. The third-order valence-corrected chi connectivity index (χ3v) is 7.31. The van der Waals surface area contributed by atoms with E-state index in [1.54, 1.807) is 0 Å². The van der Waals surface area contributed by atoms with Gasteiger partial charge < -0.3 is 9.05 Å². The van der Waals surface area contributed by atoms with Gasteiger partial charge in [-0.15, -0.1) is 0 Å². The molecule has 0 aromatic heterocycles. The minimum atomic E-state index is -2.53. The van der Waals surface area contributed by atoms with Crippen molar-refractivity contribution < 1.29 is 23.2 Å². The number of rotatable bonds is 10. The van der Waals surface area contributed by atoms with Crippen LogP contribution in [0.5, 0.6) is 0 Å². The number of hydrogen-bond donors (Lipinski definition) is 0. The summed E-state index contributed by atoms with van der Waals surface area (Å²) in [5.74, 6) is 0.892. The largest absolute Gasteiger partial charge is 0.319 e. The molecule has 2 rings (SSSR count). The van der Waals surface area contributed by atoms with Crippen LogP contribution in [0, 0.1) is 22.7 Å². The third-order valence-electron chi connectivity index (χ3n) is 6.43. The average Bonchev–Trinajstić information content (AvgIpc) is 3.15. The molecule has 0 heterocycles. The van der Waals surface area contributed by atoms with Crippen molar-refractivity contribution in [3.8, 4) is 0 Å². The SMILES string of the molecule is CC(C)(CCO[PH](=O)OCCC(C)(C)C1CCCC1=O)C1CCCC1=O. The van der Waals surface area contributed by atoms with E-state index >= 15 is 0 Å². The van der Waals surface area contributed by atoms with Crippen LogP contribution in [-0.2, 0) is 23.2 Å². The van der Waals surface area contributed by atoms with Crippen molar-refractivity contribution in [3.05, 3.63) is 0 Å². The highest BCUT2D eigenvalue weighted by Crippen LogP contribution is 2.42. The van der Waals surface area contributed by atoms with Crippen LogP contribution >= 0.6 is 8.25 Å². The first-order valence-electron chi connectivity index (χ1n) is 9.98. The molecular formula is C20H35O5P. The molecule has 5 nitrogen and oxygen atoms in total. The summed E-state index contributed by atoms with van der Waals surface area (Å²) >= 11 is 0. The van der Waals surface area contributed by atoms with E-state index in [2.05, 4.69) is 27.7 Å². The van der Waals surface area contributed by atoms with Gasteiger partial charge in [-0.1, -0.05) is 27.7 Å². The van der Waals surface area contributed by atoms with Crippen LogP contribution in [-0.4, -0.2) is 24.8 Å². The van der Waals surface area contributed by atoms with Crippen molar-refractivity contribution in [2.45, 2.75) is 79.1 Å². The van der Waals surface area contributed by atoms with E-state index < -0.39 is 8.25 Å². The van der Waals surface area contributed by atoms with Crippen LogP contribution in [0.15, 0.2) is 0 Å². The lowest BCUT2D eigenvalue weighted by Gasteiger charge is -2.31. The van der Waals surface area contributed by atoms with Gasteiger partial charge in [-0.3, -0.25) is 14.2 Å². The van der Waals surface area contributed by atoms with Crippen LogP contribution < -0.4 is 0 Å². The zero-order valence-electron chi connectivity index (χ0n) is 16.8. The molecule has 2 fully saturated rings. The fraction of sp³-hybridized carbons (Fsp3) is 0.900. The maximum Gasteiger partial charge on any atom is 0.319 e. The summed E-state index contributed by atoms with van der Waals surface area (Å²) in [6, 6.07) is 0. The summed E-state index contributed by atoms with van der Waals surface area (Å²) in [4.78, 5) is 23.9. The standard InChI is InChI=1S/C20H35O5P/c1-19(2,15-7-5-9-17(15)21)11-13-24-26(23)25-14-12-20(3,4)16-8-6-10-18(16)22/h15-16,26H,5-14H2,1-4H3. The molecule has 2 atom stereocenters. The maximum absolute atomic E-state index is 12.0. The summed E-state index contributed by atoms with van der Waals surface area (Å²) in [5.41, 5.74) is -0.249. The van der Waals surface area contributed by atoms with E-state index in [-0.39, 0.29) is 22.7 Å². The van der Waals surface area contributed by atoms with E-state index in [1.165, 1.54) is 0 Å². The van der Waals surface area contributed by atoms with Crippen molar-refractivity contribution in [1.29, 1.82) is 0 Å². The van der Waals surface area contributed by atoms with Crippen molar-refractivity contribution in [1.82, 2.24) is 0 Å². The average molecular weight is 386 g/mol. The fourth-order valence-electron chi connectivity index (χ4n) is 4.47. The second-order valence-electron chi connectivity index (χ2n) is 9.25. The van der Waals surface area contributed by atoms with Crippen LogP contribution in [0.4, 0.5) is 0 Å². The Hall–Kier alpha value is -0.510. The van der Waals surface area contributed by atoms with Gasteiger partial charge in [0.25, 0.3) is 0 Å². The summed E-state index contributed by atoms with van der Waals surface area (Å²) in [6.45, 7) is 9.04. The van der Waals surface area contributed by atoms with Crippen LogP contribution in [0.3, 0.4) is 0 Å². The van der Waals surface area contributed by atoms with Gasteiger partial charge in [0.15, 0.2) is 0 Å². The Morgan fingerprint density at radius 3 is 1.54 bits per heavy atom.